The summed E-state index contributed by atoms with van der Waals surface area (Å²) >= 11 is 7.04. The number of amides is 4. The standard InChI is InChI=1S/C22H26ClN7O5S/c1-29-5-7-30(8-6-29)22(34)14(26-20(33)21-27-15-12-35-9-4-16(15)36-21)11-25-18(31)19(32)28-17-3-2-13(23)10-24-17/h2-3,10,14H,4-9,11-12H2,1H3,(H,25,31)(H,26,33)(H,24,28,32)/t14-/m0/s1. The first kappa shape index (κ1) is 25.9. The van der Waals surface area contributed by atoms with E-state index in [0.29, 0.717) is 50.8 Å². The van der Waals surface area contributed by atoms with E-state index >= 15 is 0 Å². The van der Waals surface area contributed by atoms with E-state index in [4.69, 9.17) is 16.3 Å². The number of carbonyl (C=O) groups excluding carboxylic acids is 4. The summed E-state index contributed by atoms with van der Waals surface area (Å²) in [5.41, 5.74) is 0.721. The third kappa shape index (κ3) is 6.55. The summed E-state index contributed by atoms with van der Waals surface area (Å²) in [4.78, 5) is 63.9. The molecule has 2 aromatic rings. The molecule has 192 valence electrons. The van der Waals surface area contributed by atoms with Crippen LogP contribution in [0.3, 0.4) is 0 Å². The number of aromatic nitrogens is 2. The molecule has 4 rings (SSSR count). The Bertz CT molecular complexity index is 1110. The van der Waals surface area contributed by atoms with Gasteiger partial charge in [-0.3, -0.25) is 19.2 Å². The predicted molar refractivity (Wildman–Crippen MR) is 132 cm³/mol. The van der Waals surface area contributed by atoms with Gasteiger partial charge in [0.1, 0.15) is 11.9 Å². The SMILES string of the molecule is CN1CCN(C(=O)[C@H](CNC(=O)C(=O)Nc2ccc(Cl)cn2)NC(=O)c2nc3c(s2)CCOC3)CC1. The van der Waals surface area contributed by atoms with Crippen LogP contribution >= 0.6 is 22.9 Å². The number of hydrogen-bond donors (Lipinski definition) is 3. The third-order valence-corrected chi connectivity index (χ3v) is 7.12. The highest BCUT2D eigenvalue weighted by Crippen LogP contribution is 2.23. The number of rotatable bonds is 6. The van der Waals surface area contributed by atoms with Crippen molar-refractivity contribution in [2.45, 2.75) is 19.1 Å². The zero-order valence-corrected chi connectivity index (χ0v) is 21.2. The van der Waals surface area contributed by atoms with Crippen molar-refractivity contribution >= 4 is 52.4 Å². The van der Waals surface area contributed by atoms with Gasteiger partial charge in [0.05, 0.1) is 23.9 Å². The van der Waals surface area contributed by atoms with E-state index < -0.39 is 23.8 Å². The van der Waals surface area contributed by atoms with Gasteiger partial charge in [-0.15, -0.1) is 11.3 Å². The van der Waals surface area contributed by atoms with Gasteiger partial charge in [-0.05, 0) is 19.2 Å². The first-order valence-electron chi connectivity index (χ1n) is 11.4. The molecule has 0 unspecified atom stereocenters. The van der Waals surface area contributed by atoms with Crippen LogP contribution < -0.4 is 16.0 Å². The lowest BCUT2D eigenvalue weighted by molar-refractivity contribution is -0.137. The average Bonchev–Trinajstić information content (AvgIpc) is 3.32. The Morgan fingerprint density at radius 2 is 1.94 bits per heavy atom. The molecule has 1 atom stereocenters. The number of likely N-dealkylation sites (N-methyl/N-ethyl adjacent to an activating group) is 1. The first-order valence-corrected chi connectivity index (χ1v) is 12.5. The Morgan fingerprint density at radius 1 is 1.17 bits per heavy atom. The molecule has 14 heteroatoms. The fourth-order valence-electron chi connectivity index (χ4n) is 3.69. The molecule has 0 aliphatic carbocycles. The molecule has 1 saturated heterocycles. The molecule has 1 fully saturated rings. The minimum absolute atomic E-state index is 0.148. The van der Waals surface area contributed by atoms with E-state index in [1.807, 2.05) is 7.05 Å². The van der Waals surface area contributed by atoms with Gasteiger partial charge in [0.25, 0.3) is 5.91 Å². The predicted octanol–water partition coefficient (Wildman–Crippen LogP) is -0.108. The summed E-state index contributed by atoms with van der Waals surface area (Å²) in [6, 6.07) is 1.89. The number of thiazole rings is 1. The second kappa shape index (κ2) is 11.7. The summed E-state index contributed by atoms with van der Waals surface area (Å²) in [7, 11) is 1.96. The second-order valence-electron chi connectivity index (χ2n) is 8.37. The van der Waals surface area contributed by atoms with Crippen molar-refractivity contribution in [1.29, 1.82) is 0 Å². The van der Waals surface area contributed by atoms with Gasteiger partial charge >= 0.3 is 11.8 Å². The second-order valence-corrected chi connectivity index (χ2v) is 9.89. The van der Waals surface area contributed by atoms with Gasteiger partial charge in [0, 0.05) is 50.2 Å². The van der Waals surface area contributed by atoms with Crippen molar-refractivity contribution < 1.29 is 23.9 Å². The number of hydrogen-bond acceptors (Lipinski definition) is 9. The molecule has 12 nitrogen and oxygen atoms in total. The number of fused-ring (bicyclic) bond motifs is 1. The van der Waals surface area contributed by atoms with Crippen LogP contribution in [0.2, 0.25) is 5.02 Å². The number of pyridine rings is 1. The normalized spacial score (nSPS) is 16.6. The van der Waals surface area contributed by atoms with Crippen LogP contribution in [-0.2, 0) is 32.1 Å². The van der Waals surface area contributed by atoms with Crippen LogP contribution in [0.1, 0.15) is 20.4 Å². The summed E-state index contributed by atoms with van der Waals surface area (Å²) in [6.07, 6.45) is 2.01. The number of ether oxygens (including phenoxy) is 1. The van der Waals surface area contributed by atoms with Gasteiger partial charge in [0.2, 0.25) is 5.91 Å². The van der Waals surface area contributed by atoms with Crippen molar-refractivity contribution in [3.8, 4) is 0 Å². The highest BCUT2D eigenvalue weighted by Gasteiger charge is 2.30. The lowest BCUT2D eigenvalue weighted by Gasteiger charge is -2.34. The Labute approximate surface area is 216 Å². The van der Waals surface area contributed by atoms with Crippen LogP contribution in [0.5, 0.6) is 0 Å². The number of carbonyl (C=O) groups is 4. The fourth-order valence-corrected chi connectivity index (χ4v) is 4.75. The summed E-state index contributed by atoms with van der Waals surface area (Å²) in [5.74, 6) is -2.66. The van der Waals surface area contributed by atoms with E-state index in [1.165, 1.54) is 29.7 Å². The molecule has 0 radical (unpaired) electrons. The quantitative estimate of drug-likeness (QED) is 0.434. The monoisotopic (exact) mass is 535 g/mol. The van der Waals surface area contributed by atoms with Gasteiger partial charge in [0.15, 0.2) is 5.01 Å². The van der Waals surface area contributed by atoms with E-state index in [-0.39, 0.29) is 23.3 Å². The Balaban J connectivity index is 1.41. The van der Waals surface area contributed by atoms with Crippen molar-refractivity contribution in [3.05, 3.63) is 38.9 Å². The maximum atomic E-state index is 13.3. The molecule has 0 bridgehead atoms. The minimum Gasteiger partial charge on any atom is -0.375 e. The van der Waals surface area contributed by atoms with Crippen LogP contribution in [-0.4, -0.2) is 95.8 Å². The maximum Gasteiger partial charge on any atom is 0.314 e. The molecule has 0 spiro atoms. The zero-order valence-electron chi connectivity index (χ0n) is 19.6. The van der Waals surface area contributed by atoms with Crippen molar-refractivity contribution in [2.75, 3.05) is 51.7 Å². The largest absolute Gasteiger partial charge is 0.375 e. The third-order valence-electron chi connectivity index (χ3n) is 5.75. The van der Waals surface area contributed by atoms with Crippen molar-refractivity contribution in [2.24, 2.45) is 0 Å². The van der Waals surface area contributed by atoms with Crippen LogP contribution in [0.4, 0.5) is 5.82 Å². The molecule has 2 aliphatic heterocycles. The number of nitrogens with one attached hydrogen (secondary N) is 3. The summed E-state index contributed by atoms with van der Waals surface area (Å²) in [5, 5.41) is 8.08. The molecule has 2 aromatic heterocycles. The maximum absolute atomic E-state index is 13.3. The number of piperazine rings is 1. The Hall–Kier alpha value is -3.13. The van der Waals surface area contributed by atoms with E-state index in [9.17, 15) is 19.2 Å². The molecular weight excluding hydrogens is 510 g/mol. The highest BCUT2D eigenvalue weighted by atomic mass is 35.5. The van der Waals surface area contributed by atoms with Gasteiger partial charge < -0.3 is 30.5 Å². The average molecular weight is 536 g/mol. The topological polar surface area (TPSA) is 146 Å². The van der Waals surface area contributed by atoms with Crippen molar-refractivity contribution in [3.63, 3.8) is 0 Å². The van der Waals surface area contributed by atoms with Crippen LogP contribution in [0.25, 0.3) is 0 Å². The molecule has 36 heavy (non-hydrogen) atoms. The lowest BCUT2D eigenvalue weighted by atomic mass is 10.2. The van der Waals surface area contributed by atoms with Gasteiger partial charge in [-0.25, -0.2) is 9.97 Å². The smallest absolute Gasteiger partial charge is 0.314 e. The molecule has 3 N–H and O–H groups in total. The molecule has 0 saturated carbocycles. The van der Waals surface area contributed by atoms with E-state index in [1.54, 1.807) is 4.90 Å². The van der Waals surface area contributed by atoms with Crippen LogP contribution in [0.15, 0.2) is 18.3 Å². The van der Waals surface area contributed by atoms with E-state index in [0.717, 1.165) is 10.6 Å². The minimum atomic E-state index is -1.08. The molecule has 2 aliphatic rings. The van der Waals surface area contributed by atoms with Crippen molar-refractivity contribution in [1.82, 2.24) is 30.4 Å². The summed E-state index contributed by atoms with van der Waals surface area (Å²) in [6.45, 7) is 2.99. The Kier molecular flexibility index (Phi) is 8.46. The Morgan fingerprint density at radius 3 is 2.64 bits per heavy atom. The van der Waals surface area contributed by atoms with E-state index in [2.05, 4.69) is 30.8 Å². The van der Waals surface area contributed by atoms with Crippen LogP contribution in [0, 0.1) is 0 Å². The molecule has 0 aromatic carbocycles. The zero-order chi connectivity index (χ0) is 25.7. The highest BCUT2D eigenvalue weighted by molar-refractivity contribution is 7.13. The number of nitrogens with zero attached hydrogens (tertiary/aromatic N) is 4. The number of halogens is 1. The molecule has 4 heterocycles. The lowest BCUT2D eigenvalue weighted by Crippen LogP contribution is -2.57. The molecule has 4 amide bonds. The summed E-state index contributed by atoms with van der Waals surface area (Å²) < 4.78 is 5.38. The van der Waals surface area contributed by atoms with Gasteiger partial charge in [-0.1, -0.05) is 11.6 Å². The first-order chi connectivity index (χ1) is 17.3. The molecular formula is C22H26ClN7O5S. The van der Waals surface area contributed by atoms with Gasteiger partial charge in [-0.2, -0.15) is 0 Å². The fraction of sp³-hybridized carbons (Fsp3) is 0.455. The number of anilines is 1.